The van der Waals surface area contributed by atoms with E-state index in [1.807, 2.05) is 6.07 Å². The molecular formula is C18H11Br2NO6. The van der Waals surface area contributed by atoms with Gasteiger partial charge in [-0.05, 0) is 50.1 Å². The molecule has 9 heteroatoms. The van der Waals surface area contributed by atoms with Gasteiger partial charge in [0.15, 0.2) is 41.0 Å². The van der Waals surface area contributed by atoms with Gasteiger partial charge in [-0.1, -0.05) is 0 Å². The standard InChI is InChI=1S/C18H11Br2NO6/c1-25-11-6-8(2-3-10(11)26-5-4-21)15(22)9-7-27-18-12(9)16(23)17(24)13(19)14(18)20/h2-3,6-7,23-24H,5H2,1H3. The summed E-state index contributed by atoms with van der Waals surface area (Å²) < 4.78 is 16.4. The average molecular weight is 497 g/mol. The lowest BCUT2D eigenvalue weighted by Crippen LogP contribution is -2.03. The first-order valence-corrected chi connectivity index (χ1v) is 9.01. The summed E-state index contributed by atoms with van der Waals surface area (Å²) in [4.78, 5) is 12.9. The van der Waals surface area contributed by atoms with Gasteiger partial charge in [0.25, 0.3) is 0 Å². The van der Waals surface area contributed by atoms with Crippen molar-refractivity contribution in [1.82, 2.24) is 0 Å². The number of nitriles is 1. The van der Waals surface area contributed by atoms with Crippen LogP contribution in [0.2, 0.25) is 0 Å². The van der Waals surface area contributed by atoms with E-state index in [0.29, 0.717) is 10.2 Å². The summed E-state index contributed by atoms with van der Waals surface area (Å²) in [6.07, 6.45) is 1.20. The lowest BCUT2D eigenvalue weighted by atomic mass is 10.0. The fraction of sp³-hybridized carbons (Fsp3) is 0.111. The SMILES string of the molecule is COc1cc(C(=O)c2coc3c(Br)c(Br)c(O)c(O)c23)ccc1OCC#N. The molecule has 0 atom stereocenters. The Labute approximate surface area is 170 Å². The Kier molecular flexibility index (Phi) is 5.30. The van der Waals surface area contributed by atoms with Crippen LogP contribution in [0.4, 0.5) is 0 Å². The van der Waals surface area contributed by atoms with Gasteiger partial charge >= 0.3 is 0 Å². The van der Waals surface area contributed by atoms with Crippen LogP contribution < -0.4 is 9.47 Å². The first-order chi connectivity index (χ1) is 12.9. The molecule has 0 fully saturated rings. The number of carbonyl (C=O) groups excluding carboxylic acids is 1. The number of rotatable bonds is 5. The van der Waals surface area contributed by atoms with Crippen molar-refractivity contribution in [2.45, 2.75) is 0 Å². The molecule has 1 aromatic heterocycles. The third-order valence-corrected chi connectivity index (χ3v) is 5.88. The molecule has 2 aromatic carbocycles. The highest BCUT2D eigenvalue weighted by atomic mass is 79.9. The van der Waals surface area contributed by atoms with Crippen LogP contribution in [0.1, 0.15) is 15.9 Å². The Balaban J connectivity index is 2.11. The maximum Gasteiger partial charge on any atom is 0.197 e. The highest BCUT2D eigenvalue weighted by Gasteiger charge is 2.25. The molecule has 0 aliphatic rings. The first-order valence-electron chi connectivity index (χ1n) is 7.43. The van der Waals surface area contributed by atoms with Gasteiger partial charge in [-0.25, -0.2) is 0 Å². The summed E-state index contributed by atoms with van der Waals surface area (Å²) in [6, 6.07) is 6.32. The third-order valence-electron chi connectivity index (χ3n) is 3.81. The van der Waals surface area contributed by atoms with Crippen LogP contribution in [0.5, 0.6) is 23.0 Å². The van der Waals surface area contributed by atoms with E-state index in [0.717, 1.165) is 0 Å². The third kappa shape index (κ3) is 3.22. The monoisotopic (exact) mass is 495 g/mol. The molecule has 3 aromatic rings. The Bertz CT molecular complexity index is 1100. The number of fused-ring (bicyclic) bond motifs is 1. The normalized spacial score (nSPS) is 10.6. The molecule has 138 valence electrons. The van der Waals surface area contributed by atoms with Crippen molar-refractivity contribution in [3.63, 3.8) is 0 Å². The Morgan fingerprint density at radius 1 is 1.22 bits per heavy atom. The summed E-state index contributed by atoms with van der Waals surface area (Å²) in [6.45, 7) is -0.161. The molecule has 0 saturated heterocycles. The van der Waals surface area contributed by atoms with Crippen molar-refractivity contribution in [2.24, 2.45) is 0 Å². The average Bonchev–Trinajstić information content (AvgIpc) is 3.13. The predicted molar refractivity (Wildman–Crippen MR) is 102 cm³/mol. The Morgan fingerprint density at radius 3 is 2.63 bits per heavy atom. The number of ether oxygens (including phenoxy) is 2. The van der Waals surface area contributed by atoms with Gasteiger partial charge in [0, 0.05) is 5.56 Å². The molecule has 0 bridgehead atoms. The van der Waals surface area contributed by atoms with Crippen LogP contribution in [-0.2, 0) is 0 Å². The molecule has 0 amide bonds. The zero-order valence-electron chi connectivity index (χ0n) is 13.7. The summed E-state index contributed by atoms with van der Waals surface area (Å²) in [5.74, 6) is -0.747. The minimum absolute atomic E-state index is 0.0683. The van der Waals surface area contributed by atoms with E-state index in [1.165, 1.54) is 31.6 Å². The molecule has 2 N–H and O–H groups in total. The number of ketones is 1. The number of hydrogen-bond donors (Lipinski definition) is 2. The molecule has 27 heavy (non-hydrogen) atoms. The summed E-state index contributed by atoms with van der Waals surface area (Å²) in [5.41, 5.74) is 0.525. The molecule has 0 saturated carbocycles. The molecular weight excluding hydrogens is 486 g/mol. The van der Waals surface area contributed by atoms with Crippen LogP contribution in [0, 0.1) is 11.3 Å². The van der Waals surface area contributed by atoms with E-state index in [9.17, 15) is 15.0 Å². The number of phenols is 2. The number of hydrogen-bond acceptors (Lipinski definition) is 7. The van der Waals surface area contributed by atoms with Crippen molar-refractivity contribution in [3.05, 3.63) is 44.5 Å². The minimum Gasteiger partial charge on any atom is -0.504 e. The molecule has 0 aliphatic heterocycles. The lowest BCUT2D eigenvalue weighted by molar-refractivity contribution is 0.103. The van der Waals surface area contributed by atoms with Crippen LogP contribution in [-0.4, -0.2) is 29.7 Å². The number of benzene rings is 2. The van der Waals surface area contributed by atoms with Crippen molar-refractivity contribution < 1.29 is 28.9 Å². The minimum atomic E-state index is -0.474. The first kappa shape index (κ1) is 19.1. The van der Waals surface area contributed by atoms with Crippen molar-refractivity contribution in [2.75, 3.05) is 13.7 Å². The number of aromatic hydroxyl groups is 2. The van der Waals surface area contributed by atoms with E-state index in [4.69, 9.17) is 19.2 Å². The highest BCUT2D eigenvalue weighted by molar-refractivity contribution is 9.13. The predicted octanol–water partition coefficient (Wildman–Crippen LogP) is 4.51. The van der Waals surface area contributed by atoms with Gasteiger partial charge in [-0.15, -0.1) is 0 Å². The number of carbonyl (C=O) groups is 1. The largest absolute Gasteiger partial charge is 0.504 e. The molecule has 0 radical (unpaired) electrons. The van der Waals surface area contributed by atoms with Gasteiger partial charge in [-0.3, -0.25) is 4.79 Å². The Hall–Kier alpha value is -2.70. The van der Waals surface area contributed by atoms with Crippen LogP contribution in [0.15, 0.2) is 37.8 Å². The maximum absolute atomic E-state index is 12.9. The summed E-state index contributed by atoms with van der Waals surface area (Å²) in [5, 5.41) is 29.0. The number of methoxy groups -OCH3 is 1. The van der Waals surface area contributed by atoms with Crippen LogP contribution in [0.25, 0.3) is 11.0 Å². The summed E-state index contributed by atoms with van der Waals surface area (Å²) in [7, 11) is 1.41. The molecule has 0 unspecified atom stereocenters. The van der Waals surface area contributed by atoms with Gasteiger partial charge in [0.05, 0.1) is 27.0 Å². The van der Waals surface area contributed by atoms with Gasteiger partial charge in [0.2, 0.25) is 0 Å². The second-order valence-electron chi connectivity index (χ2n) is 5.32. The van der Waals surface area contributed by atoms with Crippen LogP contribution >= 0.6 is 31.9 Å². The molecule has 1 heterocycles. The molecule has 0 aliphatic carbocycles. The Morgan fingerprint density at radius 2 is 1.96 bits per heavy atom. The lowest BCUT2D eigenvalue weighted by Gasteiger charge is -2.10. The van der Waals surface area contributed by atoms with Crippen molar-refractivity contribution >= 4 is 48.6 Å². The van der Waals surface area contributed by atoms with Crippen molar-refractivity contribution in [1.29, 1.82) is 5.26 Å². The fourth-order valence-corrected chi connectivity index (χ4v) is 3.39. The van der Waals surface area contributed by atoms with E-state index in [2.05, 4.69) is 31.9 Å². The highest BCUT2D eigenvalue weighted by Crippen LogP contribution is 2.48. The quantitative estimate of drug-likeness (QED) is 0.394. The summed E-state index contributed by atoms with van der Waals surface area (Å²) >= 11 is 6.39. The zero-order chi connectivity index (χ0) is 19.7. The zero-order valence-corrected chi connectivity index (χ0v) is 16.9. The number of phenolic OH excluding ortho intramolecular Hbond substituents is 2. The van der Waals surface area contributed by atoms with E-state index < -0.39 is 17.3 Å². The van der Waals surface area contributed by atoms with Gasteiger partial charge in [-0.2, -0.15) is 5.26 Å². The van der Waals surface area contributed by atoms with E-state index in [-0.39, 0.29) is 38.9 Å². The molecule has 0 spiro atoms. The van der Waals surface area contributed by atoms with E-state index in [1.54, 1.807) is 0 Å². The molecule has 7 nitrogen and oxygen atoms in total. The molecule has 3 rings (SSSR count). The van der Waals surface area contributed by atoms with Gasteiger partial charge < -0.3 is 24.1 Å². The smallest absolute Gasteiger partial charge is 0.197 e. The number of halogens is 2. The second kappa shape index (κ2) is 7.50. The topological polar surface area (TPSA) is 113 Å². The van der Waals surface area contributed by atoms with Crippen LogP contribution in [0.3, 0.4) is 0 Å². The van der Waals surface area contributed by atoms with E-state index >= 15 is 0 Å². The number of nitrogens with zero attached hydrogens (tertiary/aromatic N) is 1. The number of furan rings is 1. The second-order valence-corrected chi connectivity index (χ2v) is 6.91. The fourth-order valence-electron chi connectivity index (χ4n) is 2.54. The maximum atomic E-state index is 12.9. The van der Waals surface area contributed by atoms with Gasteiger partial charge in [0.1, 0.15) is 12.3 Å². The van der Waals surface area contributed by atoms with Crippen molar-refractivity contribution in [3.8, 4) is 29.1 Å².